The Kier molecular flexibility index (Phi) is 5.94. The van der Waals surface area contributed by atoms with Gasteiger partial charge in [-0.05, 0) is 51.3 Å². The lowest BCUT2D eigenvalue weighted by atomic mass is 9.87. The van der Waals surface area contributed by atoms with Gasteiger partial charge in [0, 0.05) is 23.3 Å². The summed E-state index contributed by atoms with van der Waals surface area (Å²) in [4.78, 5) is 30.1. The molecular weight excluding hydrogens is 419 g/mol. The van der Waals surface area contributed by atoms with Gasteiger partial charge in [0.15, 0.2) is 5.50 Å². The number of pyridine rings is 1. The van der Waals surface area contributed by atoms with E-state index < -0.39 is 35.1 Å². The minimum absolute atomic E-state index is 0.0812. The molecule has 0 saturated carbocycles. The van der Waals surface area contributed by atoms with Crippen LogP contribution in [0.15, 0.2) is 24.0 Å². The number of aromatic nitrogens is 1. The minimum atomic E-state index is -4.44. The third-order valence-corrected chi connectivity index (χ3v) is 6.64. The number of alkyl halides is 3. The smallest absolute Gasteiger partial charge is 0.368 e. The molecule has 164 valence electrons. The van der Waals surface area contributed by atoms with Crippen molar-refractivity contribution in [2.45, 2.75) is 56.7 Å². The number of allylic oxidation sites excluding steroid dienone is 1. The first-order valence-corrected chi connectivity index (χ1v) is 10.3. The molecule has 2 aliphatic heterocycles. The van der Waals surface area contributed by atoms with Gasteiger partial charge in [0.2, 0.25) is 5.91 Å². The van der Waals surface area contributed by atoms with Gasteiger partial charge in [-0.15, -0.1) is 0 Å². The second kappa shape index (κ2) is 8.01. The van der Waals surface area contributed by atoms with E-state index in [1.54, 1.807) is 13.0 Å². The summed E-state index contributed by atoms with van der Waals surface area (Å²) >= 11 is 1.28. The average Bonchev–Trinajstić information content (AvgIpc) is 3.28. The number of primary amides is 1. The van der Waals surface area contributed by atoms with Crippen molar-refractivity contribution in [2.24, 2.45) is 5.73 Å². The maximum Gasteiger partial charge on any atom is 0.399 e. The van der Waals surface area contributed by atoms with Crippen LogP contribution in [0.5, 0.6) is 0 Å². The summed E-state index contributed by atoms with van der Waals surface area (Å²) in [6.07, 6.45) is -1.85. The molecule has 0 aromatic carbocycles. The summed E-state index contributed by atoms with van der Waals surface area (Å²) in [6, 6.07) is 2.02. The van der Waals surface area contributed by atoms with Crippen LogP contribution in [0, 0.1) is 0 Å². The zero-order valence-corrected chi connectivity index (χ0v) is 17.7. The molecule has 0 bridgehead atoms. The summed E-state index contributed by atoms with van der Waals surface area (Å²) in [5.74, 6) is -0.540. The summed E-state index contributed by atoms with van der Waals surface area (Å²) in [5.41, 5.74) is 3.97. The molecule has 4 N–H and O–H groups in total. The standard InChI is InChI=1S/C19H24F3N5O2S/c1-10-14(11-6-7-24-13(9-11)18(2,3)19(20,21)22)30-16(25-10)26-17(29)27-8-4-5-12(27)15(23)28/h6-7,9,12,16,25H,4-5,8H2,1-3H3,(H2,23,28)(H,26,29)/t12-,16?/m0/s1. The second-order valence-electron chi connectivity index (χ2n) is 7.85. The van der Waals surface area contributed by atoms with Gasteiger partial charge >= 0.3 is 12.2 Å². The molecule has 3 amide bonds. The Hall–Kier alpha value is -2.43. The molecule has 2 atom stereocenters. The van der Waals surface area contributed by atoms with Gasteiger partial charge in [-0.25, -0.2) is 4.79 Å². The molecule has 1 saturated heterocycles. The molecule has 0 aliphatic carbocycles. The van der Waals surface area contributed by atoms with Gasteiger partial charge < -0.3 is 21.3 Å². The minimum Gasteiger partial charge on any atom is -0.368 e. The van der Waals surface area contributed by atoms with Crippen LogP contribution in [-0.4, -0.2) is 46.1 Å². The summed E-state index contributed by atoms with van der Waals surface area (Å²) < 4.78 is 40.2. The molecule has 30 heavy (non-hydrogen) atoms. The van der Waals surface area contributed by atoms with Gasteiger partial charge in [0.1, 0.15) is 11.5 Å². The van der Waals surface area contributed by atoms with Crippen LogP contribution in [0.4, 0.5) is 18.0 Å². The van der Waals surface area contributed by atoms with E-state index in [0.29, 0.717) is 24.9 Å². The first-order chi connectivity index (χ1) is 13.9. The van der Waals surface area contributed by atoms with E-state index in [9.17, 15) is 22.8 Å². The van der Waals surface area contributed by atoms with E-state index in [2.05, 4.69) is 15.6 Å². The van der Waals surface area contributed by atoms with Crippen LogP contribution in [0.1, 0.15) is 44.9 Å². The molecule has 1 fully saturated rings. The maximum atomic E-state index is 13.4. The van der Waals surface area contributed by atoms with Crippen molar-refractivity contribution in [3.8, 4) is 0 Å². The van der Waals surface area contributed by atoms with E-state index in [0.717, 1.165) is 24.4 Å². The number of nitrogens with one attached hydrogen (secondary N) is 2. The Morgan fingerprint density at radius 1 is 1.37 bits per heavy atom. The van der Waals surface area contributed by atoms with Crippen LogP contribution >= 0.6 is 11.8 Å². The average molecular weight is 443 g/mol. The third kappa shape index (κ3) is 4.21. The second-order valence-corrected chi connectivity index (χ2v) is 8.97. The number of rotatable bonds is 4. The number of thioether (sulfide) groups is 1. The highest BCUT2D eigenvalue weighted by Gasteiger charge is 2.49. The number of likely N-dealkylation sites (tertiary alicyclic amines) is 1. The van der Waals surface area contributed by atoms with Crippen LogP contribution in [0.2, 0.25) is 0 Å². The predicted octanol–water partition coefficient (Wildman–Crippen LogP) is 2.89. The van der Waals surface area contributed by atoms with Crippen molar-refractivity contribution >= 4 is 28.6 Å². The van der Waals surface area contributed by atoms with Gasteiger partial charge in [0.25, 0.3) is 0 Å². The topological polar surface area (TPSA) is 100 Å². The number of urea groups is 1. The molecule has 0 spiro atoms. The van der Waals surface area contributed by atoms with Crippen LogP contribution in [0.3, 0.4) is 0 Å². The Labute approximate surface area is 176 Å². The lowest BCUT2D eigenvalue weighted by Gasteiger charge is -2.27. The number of hydrogen-bond donors (Lipinski definition) is 3. The third-order valence-electron chi connectivity index (χ3n) is 5.39. The van der Waals surface area contributed by atoms with Crippen molar-refractivity contribution in [2.75, 3.05) is 6.54 Å². The fourth-order valence-electron chi connectivity index (χ4n) is 3.41. The van der Waals surface area contributed by atoms with Crippen molar-refractivity contribution in [1.82, 2.24) is 20.5 Å². The molecule has 3 heterocycles. The van der Waals surface area contributed by atoms with E-state index in [-0.39, 0.29) is 5.69 Å². The lowest BCUT2D eigenvalue weighted by molar-refractivity contribution is -0.181. The molecule has 7 nitrogen and oxygen atoms in total. The normalized spacial score (nSPS) is 22.3. The first kappa shape index (κ1) is 22.3. The fourth-order valence-corrected chi connectivity index (χ4v) is 4.54. The summed E-state index contributed by atoms with van der Waals surface area (Å²) in [5, 5.41) is 5.91. The monoisotopic (exact) mass is 443 g/mol. The highest BCUT2D eigenvalue weighted by atomic mass is 32.2. The molecule has 0 radical (unpaired) electrons. The van der Waals surface area contributed by atoms with E-state index in [4.69, 9.17) is 5.73 Å². The van der Waals surface area contributed by atoms with Crippen molar-refractivity contribution in [1.29, 1.82) is 0 Å². The molecular formula is C19H24F3N5O2S. The van der Waals surface area contributed by atoms with E-state index in [1.165, 1.54) is 28.9 Å². The number of amides is 3. The van der Waals surface area contributed by atoms with Crippen molar-refractivity contribution < 1.29 is 22.8 Å². The van der Waals surface area contributed by atoms with Gasteiger partial charge in [-0.1, -0.05) is 11.8 Å². The Morgan fingerprint density at radius 3 is 2.70 bits per heavy atom. The summed E-state index contributed by atoms with van der Waals surface area (Å²) in [7, 11) is 0. The number of nitrogens with zero attached hydrogens (tertiary/aromatic N) is 2. The lowest BCUT2D eigenvalue weighted by Crippen LogP contribution is -2.51. The number of halogens is 3. The maximum absolute atomic E-state index is 13.4. The van der Waals surface area contributed by atoms with Gasteiger partial charge in [-0.3, -0.25) is 9.78 Å². The fraction of sp³-hybridized carbons (Fsp3) is 0.526. The van der Waals surface area contributed by atoms with Crippen molar-refractivity contribution in [3.05, 3.63) is 35.3 Å². The quantitative estimate of drug-likeness (QED) is 0.665. The predicted molar refractivity (Wildman–Crippen MR) is 108 cm³/mol. The molecule has 3 rings (SSSR count). The number of nitrogens with two attached hydrogens (primary N) is 1. The highest BCUT2D eigenvalue weighted by Crippen LogP contribution is 2.42. The molecule has 1 aromatic rings. The van der Waals surface area contributed by atoms with Crippen LogP contribution in [0.25, 0.3) is 4.91 Å². The number of hydrogen-bond acceptors (Lipinski definition) is 5. The Morgan fingerprint density at radius 2 is 2.07 bits per heavy atom. The molecule has 1 unspecified atom stereocenters. The molecule has 11 heteroatoms. The largest absolute Gasteiger partial charge is 0.399 e. The Bertz CT molecular complexity index is 887. The van der Waals surface area contributed by atoms with Gasteiger partial charge in [0.05, 0.1) is 5.69 Å². The van der Waals surface area contributed by atoms with E-state index >= 15 is 0 Å². The first-order valence-electron chi connectivity index (χ1n) is 9.46. The number of carbonyl (C=O) groups is 2. The summed E-state index contributed by atoms with van der Waals surface area (Å²) in [6.45, 7) is 4.41. The zero-order chi connectivity index (χ0) is 22.3. The van der Waals surface area contributed by atoms with Crippen LogP contribution in [-0.2, 0) is 10.2 Å². The Balaban J connectivity index is 1.73. The van der Waals surface area contributed by atoms with Crippen molar-refractivity contribution in [3.63, 3.8) is 0 Å². The SMILES string of the molecule is CC1=C(c2ccnc(C(C)(C)C(F)(F)F)c2)SC(NC(=O)N2CCC[C@H]2C(N)=O)N1. The highest BCUT2D eigenvalue weighted by molar-refractivity contribution is 8.09. The van der Waals surface area contributed by atoms with E-state index in [1.807, 2.05) is 0 Å². The molecule has 2 aliphatic rings. The van der Waals surface area contributed by atoms with Crippen LogP contribution < -0.4 is 16.4 Å². The molecule has 1 aromatic heterocycles. The van der Waals surface area contributed by atoms with Gasteiger partial charge in [-0.2, -0.15) is 13.2 Å². The zero-order valence-electron chi connectivity index (χ0n) is 16.8. The number of carbonyl (C=O) groups excluding carboxylic acids is 2.